The van der Waals surface area contributed by atoms with Crippen molar-refractivity contribution in [1.82, 2.24) is 15.2 Å². The van der Waals surface area contributed by atoms with Crippen LogP contribution in [-0.2, 0) is 11.3 Å². The van der Waals surface area contributed by atoms with Crippen LogP contribution in [0.4, 0.5) is 0 Å². The fraction of sp³-hybridized carbons (Fsp3) is 0.615. The van der Waals surface area contributed by atoms with Crippen LogP contribution in [0.1, 0.15) is 5.56 Å². The molecule has 0 spiro atoms. The second-order valence-corrected chi connectivity index (χ2v) is 4.18. The minimum atomic E-state index is 0.651. The van der Waals surface area contributed by atoms with Gasteiger partial charge >= 0.3 is 0 Å². The highest BCUT2D eigenvalue weighted by molar-refractivity contribution is 5.17. The van der Waals surface area contributed by atoms with Gasteiger partial charge in [0.25, 0.3) is 0 Å². The lowest BCUT2D eigenvalue weighted by atomic mass is 10.3. The first-order valence-electron chi connectivity index (χ1n) is 6.13. The Balaban J connectivity index is 2.13. The summed E-state index contributed by atoms with van der Waals surface area (Å²) in [6, 6.07) is 3.90. The van der Waals surface area contributed by atoms with Crippen LogP contribution in [0.3, 0.4) is 0 Å². The molecule has 1 aromatic rings. The highest BCUT2D eigenvalue weighted by atomic mass is 16.5. The van der Waals surface area contributed by atoms with Crippen molar-refractivity contribution < 1.29 is 9.47 Å². The molecule has 1 rings (SSSR count). The van der Waals surface area contributed by atoms with Crippen molar-refractivity contribution in [2.24, 2.45) is 0 Å². The summed E-state index contributed by atoms with van der Waals surface area (Å²) in [6.45, 7) is 4.52. The van der Waals surface area contributed by atoms with Crippen LogP contribution in [0.2, 0.25) is 0 Å². The predicted molar refractivity (Wildman–Crippen MR) is 71.9 cm³/mol. The number of nitrogens with one attached hydrogen (secondary N) is 1. The summed E-state index contributed by atoms with van der Waals surface area (Å²) in [5.41, 5.74) is 1.16. The van der Waals surface area contributed by atoms with Gasteiger partial charge in [0.1, 0.15) is 0 Å². The van der Waals surface area contributed by atoms with E-state index in [1.54, 1.807) is 14.2 Å². The highest BCUT2D eigenvalue weighted by Gasteiger charge is 1.98. The van der Waals surface area contributed by atoms with E-state index in [4.69, 9.17) is 9.47 Å². The summed E-state index contributed by atoms with van der Waals surface area (Å²) in [6.07, 6.45) is 1.83. The molecular weight excluding hydrogens is 230 g/mol. The first-order chi connectivity index (χ1) is 8.76. The minimum absolute atomic E-state index is 0.651. The van der Waals surface area contributed by atoms with Crippen LogP contribution in [0.15, 0.2) is 18.3 Å². The van der Waals surface area contributed by atoms with Crippen molar-refractivity contribution >= 4 is 0 Å². The lowest BCUT2D eigenvalue weighted by Crippen LogP contribution is -2.31. The number of aromatic nitrogens is 1. The van der Waals surface area contributed by atoms with Crippen LogP contribution >= 0.6 is 0 Å². The number of nitrogens with zero attached hydrogens (tertiary/aromatic N) is 2. The Morgan fingerprint density at radius 1 is 1.28 bits per heavy atom. The molecule has 5 nitrogen and oxygen atoms in total. The zero-order chi connectivity index (χ0) is 13.2. The molecule has 1 heterocycles. The van der Waals surface area contributed by atoms with E-state index in [9.17, 15) is 0 Å². The summed E-state index contributed by atoms with van der Waals surface area (Å²) in [5, 5.41) is 3.38. The number of ether oxygens (including phenoxy) is 2. The second-order valence-electron chi connectivity index (χ2n) is 4.18. The van der Waals surface area contributed by atoms with Crippen LogP contribution < -0.4 is 10.1 Å². The van der Waals surface area contributed by atoms with Crippen molar-refractivity contribution in [3.05, 3.63) is 23.9 Å². The van der Waals surface area contributed by atoms with Crippen molar-refractivity contribution in [3.8, 4) is 5.88 Å². The van der Waals surface area contributed by atoms with Gasteiger partial charge in [0, 0.05) is 45.6 Å². The number of hydrogen-bond acceptors (Lipinski definition) is 5. The molecule has 0 aliphatic rings. The molecule has 1 aromatic heterocycles. The van der Waals surface area contributed by atoms with Crippen molar-refractivity contribution in [2.45, 2.75) is 6.54 Å². The van der Waals surface area contributed by atoms with E-state index < -0.39 is 0 Å². The summed E-state index contributed by atoms with van der Waals surface area (Å²) in [5.74, 6) is 0.651. The van der Waals surface area contributed by atoms with Crippen LogP contribution in [-0.4, -0.2) is 57.4 Å². The average molecular weight is 253 g/mol. The fourth-order valence-corrected chi connectivity index (χ4v) is 1.50. The molecule has 0 radical (unpaired) electrons. The zero-order valence-corrected chi connectivity index (χ0v) is 11.5. The monoisotopic (exact) mass is 253 g/mol. The molecule has 102 valence electrons. The fourth-order valence-electron chi connectivity index (χ4n) is 1.50. The van der Waals surface area contributed by atoms with Crippen LogP contribution in [0.5, 0.6) is 5.88 Å². The van der Waals surface area contributed by atoms with Gasteiger partial charge in [0.2, 0.25) is 5.88 Å². The Hall–Kier alpha value is -1.17. The van der Waals surface area contributed by atoms with Gasteiger partial charge in [-0.25, -0.2) is 4.98 Å². The Labute approximate surface area is 109 Å². The van der Waals surface area contributed by atoms with Gasteiger partial charge in [-0.05, 0) is 12.6 Å². The number of likely N-dealkylation sites (N-methyl/N-ethyl adjacent to an activating group) is 1. The maximum absolute atomic E-state index is 5.03. The van der Waals surface area contributed by atoms with Gasteiger partial charge < -0.3 is 19.7 Å². The Morgan fingerprint density at radius 3 is 2.72 bits per heavy atom. The molecule has 0 aliphatic heterocycles. The smallest absolute Gasteiger partial charge is 0.212 e. The lowest BCUT2D eigenvalue weighted by molar-refractivity contribution is 0.161. The van der Waals surface area contributed by atoms with Crippen molar-refractivity contribution in [1.29, 1.82) is 0 Å². The van der Waals surface area contributed by atoms with Crippen LogP contribution in [0, 0.1) is 0 Å². The van der Waals surface area contributed by atoms with Gasteiger partial charge in [-0.1, -0.05) is 6.07 Å². The molecule has 0 saturated heterocycles. The number of rotatable bonds is 9. The standard InChI is InChI=1S/C13H23N3O2/c1-16(8-9-17-2)7-6-14-10-12-4-5-13(18-3)15-11-12/h4-5,11,14H,6-10H2,1-3H3. The average Bonchev–Trinajstić information content (AvgIpc) is 2.42. The molecule has 0 unspecified atom stereocenters. The molecule has 0 aromatic carbocycles. The second kappa shape index (κ2) is 8.85. The van der Waals surface area contributed by atoms with Gasteiger partial charge in [-0.3, -0.25) is 0 Å². The molecule has 0 aliphatic carbocycles. The third-order valence-corrected chi connectivity index (χ3v) is 2.68. The van der Waals surface area contributed by atoms with E-state index in [0.717, 1.165) is 38.3 Å². The molecule has 18 heavy (non-hydrogen) atoms. The van der Waals surface area contributed by atoms with Crippen molar-refractivity contribution in [3.63, 3.8) is 0 Å². The lowest BCUT2D eigenvalue weighted by Gasteiger charge is -2.16. The Bertz CT molecular complexity index is 317. The normalized spacial score (nSPS) is 10.9. The first kappa shape index (κ1) is 14.9. The highest BCUT2D eigenvalue weighted by Crippen LogP contribution is 2.05. The van der Waals surface area contributed by atoms with E-state index in [0.29, 0.717) is 5.88 Å². The minimum Gasteiger partial charge on any atom is -0.481 e. The molecule has 0 fully saturated rings. The van der Waals surface area contributed by atoms with Gasteiger partial charge in [0.15, 0.2) is 0 Å². The molecular formula is C13H23N3O2. The quantitative estimate of drug-likeness (QED) is 0.658. The van der Waals surface area contributed by atoms with Gasteiger partial charge in [0.05, 0.1) is 13.7 Å². The largest absolute Gasteiger partial charge is 0.481 e. The van der Waals surface area contributed by atoms with E-state index in [1.807, 2.05) is 18.3 Å². The Morgan fingerprint density at radius 2 is 2.11 bits per heavy atom. The molecule has 0 bridgehead atoms. The van der Waals surface area contributed by atoms with E-state index in [1.165, 1.54) is 0 Å². The first-order valence-corrected chi connectivity index (χ1v) is 6.13. The van der Waals surface area contributed by atoms with E-state index in [-0.39, 0.29) is 0 Å². The van der Waals surface area contributed by atoms with E-state index >= 15 is 0 Å². The maximum atomic E-state index is 5.03. The number of pyridine rings is 1. The number of hydrogen-bond donors (Lipinski definition) is 1. The zero-order valence-electron chi connectivity index (χ0n) is 11.5. The maximum Gasteiger partial charge on any atom is 0.212 e. The van der Waals surface area contributed by atoms with Crippen molar-refractivity contribution in [2.75, 3.05) is 47.5 Å². The van der Waals surface area contributed by atoms with Gasteiger partial charge in [-0.15, -0.1) is 0 Å². The van der Waals surface area contributed by atoms with Gasteiger partial charge in [-0.2, -0.15) is 0 Å². The molecule has 1 N–H and O–H groups in total. The summed E-state index contributed by atoms with van der Waals surface area (Å²) < 4.78 is 10.0. The van der Waals surface area contributed by atoms with Crippen LogP contribution in [0.25, 0.3) is 0 Å². The summed E-state index contributed by atoms with van der Waals surface area (Å²) in [7, 11) is 5.44. The predicted octanol–water partition coefficient (Wildman–Crippen LogP) is 0.758. The topological polar surface area (TPSA) is 46.6 Å². The third-order valence-electron chi connectivity index (χ3n) is 2.68. The molecule has 5 heteroatoms. The Kier molecular flexibility index (Phi) is 7.32. The molecule has 0 amide bonds. The molecule has 0 saturated carbocycles. The summed E-state index contributed by atoms with van der Waals surface area (Å²) in [4.78, 5) is 6.40. The third kappa shape index (κ3) is 5.95. The van der Waals surface area contributed by atoms with E-state index in [2.05, 4.69) is 22.2 Å². The SMILES string of the molecule is COCCN(C)CCNCc1ccc(OC)nc1. The molecule has 0 atom stereocenters. The number of methoxy groups -OCH3 is 2. The summed E-state index contributed by atoms with van der Waals surface area (Å²) >= 11 is 0.